The van der Waals surface area contributed by atoms with Crippen LogP contribution in [0.2, 0.25) is 0 Å². The number of fused-ring (bicyclic) bond motifs is 1. The molecular weight excluding hydrogens is 328 g/mol. The van der Waals surface area contributed by atoms with Crippen molar-refractivity contribution in [3.63, 3.8) is 0 Å². The molecule has 0 radical (unpaired) electrons. The van der Waals surface area contributed by atoms with Gasteiger partial charge in [-0.15, -0.1) is 0 Å². The molecule has 4 nitrogen and oxygen atoms in total. The summed E-state index contributed by atoms with van der Waals surface area (Å²) in [7, 11) is 0. The number of nitriles is 1. The number of benzene rings is 1. The van der Waals surface area contributed by atoms with E-state index in [-0.39, 0.29) is 0 Å². The fourth-order valence-electron chi connectivity index (χ4n) is 2.35. The van der Waals surface area contributed by atoms with Gasteiger partial charge in [-0.1, -0.05) is 6.92 Å². The summed E-state index contributed by atoms with van der Waals surface area (Å²) in [5.74, 6) is 0.842. The lowest BCUT2D eigenvalue weighted by molar-refractivity contribution is 0.702. The quantitative estimate of drug-likeness (QED) is 0.719. The zero-order valence-electron chi connectivity index (χ0n) is 11.5. The summed E-state index contributed by atoms with van der Waals surface area (Å²) in [6, 6.07) is 11.7. The summed E-state index contributed by atoms with van der Waals surface area (Å²) in [5, 5.41) is 9.02. The van der Waals surface area contributed by atoms with Crippen molar-refractivity contribution < 1.29 is 0 Å². The van der Waals surface area contributed by atoms with Crippen molar-refractivity contribution >= 4 is 27.0 Å². The third-order valence-corrected chi connectivity index (χ3v) is 3.75. The number of hydrogen-bond acceptors (Lipinski definition) is 3. The van der Waals surface area contributed by atoms with Gasteiger partial charge in [-0.05, 0) is 52.7 Å². The Kier molecular flexibility index (Phi) is 3.72. The van der Waals surface area contributed by atoms with E-state index in [9.17, 15) is 0 Å². The maximum absolute atomic E-state index is 9.02. The fraction of sp³-hybridized carbons (Fsp3) is 0.188. The number of imidazole rings is 1. The van der Waals surface area contributed by atoms with E-state index in [4.69, 9.17) is 5.26 Å². The minimum atomic E-state index is 0.624. The maximum Gasteiger partial charge on any atom is 0.159 e. The molecule has 0 aliphatic heterocycles. The van der Waals surface area contributed by atoms with Crippen LogP contribution >= 0.6 is 15.9 Å². The smallest absolute Gasteiger partial charge is 0.159 e. The molecule has 0 amide bonds. The van der Waals surface area contributed by atoms with Crippen molar-refractivity contribution in [1.29, 1.82) is 5.26 Å². The van der Waals surface area contributed by atoms with E-state index in [1.807, 2.05) is 30.3 Å². The highest BCUT2D eigenvalue weighted by Crippen LogP contribution is 2.25. The first-order chi connectivity index (χ1) is 10.2. The summed E-state index contributed by atoms with van der Waals surface area (Å²) in [4.78, 5) is 9.11. The lowest BCUT2D eigenvalue weighted by atomic mass is 10.2. The number of aromatic nitrogens is 3. The molecule has 0 unspecified atom stereocenters. The Labute approximate surface area is 131 Å². The number of pyridine rings is 1. The highest BCUT2D eigenvalue weighted by Gasteiger charge is 2.13. The zero-order chi connectivity index (χ0) is 14.8. The van der Waals surface area contributed by atoms with Crippen LogP contribution in [0, 0.1) is 11.3 Å². The van der Waals surface area contributed by atoms with Crippen LogP contribution in [0.4, 0.5) is 0 Å². The van der Waals surface area contributed by atoms with Crippen molar-refractivity contribution in [2.24, 2.45) is 0 Å². The molecule has 2 heterocycles. The van der Waals surface area contributed by atoms with Crippen molar-refractivity contribution in [2.75, 3.05) is 0 Å². The highest BCUT2D eigenvalue weighted by molar-refractivity contribution is 9.10. The molecule has 1 aromatic carbocycles. The van der Waals surface area contributed by atoms with E-state index < -0.39 is 0 Å². The molecule has 104 valence electrons. The van der Waals surface area contributed by atoms with Crippen LogP contribution in [0.25, 0.3) is 22.6 Å². The molecule has 0 spiro atoms. The van der Waals surface area contributed by atoms with Crippen LogP contribution in [-0.4, -0.2) is 14.5 Å². The second-order valence-electron chi connectivity index (χ2n) is 4.76. The first-order valence-corrected chi connectivity index (χ1v) is 7.54. The van der Waals surface area contributed by atoms with E-state index >= 15 is 0 Å². The number of halogens is 1. The van der Waals surface area contributed by atoms with Gasteiger partial charge < -0.3 is 4.57 Å². The Hall–Kier alpha value is -2.19. The van der Waals surface area contributed by atoms with Gasteiger partial charge >= 0.3 is 0 Å². The molecule has 3 rings (SSSR count). The lowest BCUT2D eigenvalue weighted by Crippen LogP contribution is -2.00. The third kappa shape index (κ3) is 2.55. The van der Waals surface area contributed by atoms with Crippen LogP contribution < -0.4 is 0 Å². The van der Waals surface area contributed by atoms with E-state index in [1.165, 1.54) is 0 Å². The van der Waals surface area contributed by atoms with Gasteiger partial charge in [0, 0.05) is 17.2 Å². The van der Waals surface area contributed by atoms with Gasteiger partial charge in [0.25, 0.3) is 0 Å². The molecule has 0 saturated carbocycles. The summed E-state index contributed by atoms with van der Waals surface area (Å²) in [6.45, 7) is 3.00. The average molecular weight is 341 g/mol. The molecule has 21 heavy (non-hydrogen) atoms. The van der Waals surface area contributed by atoms with Gasteiger partial charge in [0.15, 0.2) is 5.82 Å². The number of nitrogens with zero attached hydrogens (tertiary/aromatic N) is 4. The molecule has 3 aromatic rings. The van der Waals surface area contributed by atoms with Crippen LogP contribution in [0.5, 0.6) is 0 Å². The number of rotatable bonds is 3. The van der Waals surface area contributed by atoms with Crippen molar-refractivity contribution in [3.05, 3.63) is 46.6 Å². The molecule has 0 aliphatic rings. The predicted molar refractivity (Wildman–Crippen MR) is 85.7 cm³/mol. The number of hydrogen-bond donors (Lipinski definition) is 0. The minimum absolute atomic E-state index is 0.624. The summed E-state index contributed by atoms with van der Waals surface area (Å²) in [6.07, 6.45) is 2.78. The Balaban J connectivity index is 2.23. The summed E-state index contributed by atoms with van der Waals surface area (Å²) < 4.78 is 3.10. The van der Waals surface area contributed by atoms with Crippen LogP contribution in [0.1, 0.15) is 18.9 Å². The normalized spacial score (nSPS) is 10.7. The van der Waals surface area contributed by atoms with E-state index in [0.29, 0.717) is 5.56 Å². The van der Waals surface area contributed by atoms with Gasteiger partial charge in [-0.3, -0.25) is 4.98 Å². The van der Waals surface area contributed by atoms with Gasteiger partial charge in [0.1, 0.15) is 5.69 Å². The summed E-state index contributed by atoms with van der Waals surface area (Å²) >= 11 is 3.40. The number of aryl methyl sites for hydroxylation is 1. The van der Waals surface area contributed by atoms with Crippen LogP contribution in [-0.2, 0) is 6.54 Å². The Morgan fingerprint density at radius 2 is 2.14 bits per heavy atom. The minimum Gasteiger partial charge on any atom is -0.323 e. The second-order valence-corrected chi connectivity index (χ2v) is 5.68. The molecule has 0 saturated heterocycles. The predicted octanol–water partition coefficient (Wildman–Crippen LogP) is 4.14. The molecule has 0 atom stereocenters. The maximum atomic E-state index is 9.02. The molecule has 0 N–H and O–H groups in total. The van der Waals surface area contributed by atoms with E-state index in [0.717, 1.165) is 40.0 Å². The van der Waals surface area contributed by atoms with E-state index in [1.54, 1.807) is 6.20 Å². The second kappa shape index (κ2) is 5.66. The van der Waals surface area contributed by atoms with Crippen LogP contribution in [0.3, 0.4) is 0 Å². The fourth-order valence-corrected chi connectivity index (χ4v) is 2.59. The van der Waals surface area contributed by atoms with Gasteiger partial charge in [-0.2, -0.15) is 5.26 Å². The third-order valence-electron chi connectivity index (χ3n) is 3.28. The lowest BCUT2D eigenvalue weighted by Gasteiger charge is -2.07. The van der Waals surface area contributed by atoms with Gasteiger partial charge in [0.2, 0.25) is 0 Å². The first kappa shape index (κ1) is 13.8. The SMILES string of the molecule is CCCn1c(-c2ccc(Br)cn2)nc2cc(C#N)ccc21. The zero-order valence-corrected chi connectivity index (χ0v) is 13.1. The Morgan fingerprint density at radius 1 is 1.29 bits per heavy atom. The van der Waals surface area contributed by atoms with Crippen molar-refractivity contribution in [3.8, 4) is 17.6 Å². The van der Waals surface area contributed by atoms with Gasteiger partial charge in [0.05, 0.1) is 22.7 Å². The molecule has 2 aromatic heterocycles. The molecule has 5 heteroatoms. The van der Waals surface area contributed by atoms with Crippen molar-refractivity contribution in [1.82, 2.24) is 14.5 Å². The monoisotopic (exact) mass is 340 g/mol. The summed E-state index contributed by atoms with van der Waals surface area (Å²) in [5.41, 5.74) is 3.33. The first-order valence-electron chi connectivity index (χ1n) is 6.75. The molecule has 0 fully saturated rings. The largest absolute Gasteiger partial charge is 0.323 e. The Bertz CT molecular complexity index is 828. The van der Waals surface area contributed by atoms with Crippen LogP contribution in [0.15, 0.2) is 41.0 Å². The average Bonchev–Trinajstić information content (AvgIpc) is 2.86. The van der Waals surface area contributed by atoms with E-state index in [2.05, 4.69) is 43.5 Å². The molecular formula is C16H13BrN4. The Morgan fingerprint density at radius 3 is 2.81 bits per heavy atom. The standard InChI is InChI=1S/C16H13BrN4/c1-2-7-21-15-6-3-11(9-18)8-14(15)20-16(21)13-5-4-12(17)10-19-13/h3-6,8,10H,2,7H2,1H3. The topological polar surface area (TPSA) is 54.5 Å². The van der Waals surface area contributed by atoms with Gasteiger partial charge in [-0.25, -0.2) is 4.98 Å². The highest BCUT2D eigenvalue weighted by atomic mass is 79.9. The molecule has 0 bridgehead atoms. The van der Waals surface area contributed by atoms with Crippen molar-refractivity contribution in [2.45, 2.75) is 19.9 Å². The molecule has 0 aliphatic carbocycles.